The van der Waals surface area contributed by atoms with Crippen LogP contribution in [0, 0.1) is 0 Å². The van der Waals surface area contributed by atoms with Crippen molar-refractivity contribution in [3.63, 3.8) is 0 Å². The Morgan fingerprint density at radius 3 is 0.833 bits per heavy atom. The van der Waals surface area contributed by atoms with Crippen molar-refractivity contribution < 1.29 is 33.3 Å². The maximum atomic E-state index is 9.80. The summed E-state index contributed by atoms with van der Waals surface area (Å²) in [5.41, 5.74) is 0. The van der Waals surface area contributed by atoms with Gasteiger partial charge in [-0.1, -0.05) is 0 Å². The Labute approximate surface area is 42.7 Å². The summed E-state index contributed by atoms with van der Waals surface area (Å²) in [4.78, 5) is 0. The molecule has 43 valence electrons. The van der Waals surface area contributed by atoms with Gasteiger partial charge in [0.1, 0.15) is 0 Å². The molecule has 0 amide bonds. The maximum Gasteiger partial charge on any atom is 0.537 e. The van der Waals surface area contributed by atoms with Crippen molar-refractivity contribution >= 4 is 8.51 Å². The Morgan fingerprint density at radius 1 is 0.833 bits per heavy atom. The molecular weight excluding hydrogens is 166 g/mol. The van der Waals surface area contributed by atoms with Gasteiger partial charge in [-0.05, 0) is 0 Å². The molecule has 0 aromatic rings. The zero-order valence-corrected chi connectivity index (χ0v) is 4.16. The van der Waals surface area contributed by atoms with Crippen LogP contribution in [-0.4, -0.2) is 0 Å². The molecule has 0 unspecified atom stereocenters. The van der Waals surface area contributed by atoms with Crippen LogP contribution in [0.3, 0.4) is 0 Å². The van der Waals surface area contributed by atoms with Crippen molar-refractivity contribution in [1.29, 1.82) is 0 Å². The minimum absolute atomic E-state index is 0. The Bertz CT molecular complexity index is 23.0. The third-order valence-corrected chi connectivity index (χ3v) is 0. The van der Waals surface area contributed by atoms with E-state index in [-0.39, 0.29) is 16.5 Å². The van der Waals surface area contributed by atoms with Gasteiger partial charge < -0.3 is 0 Å². The molecule has 0 fully saturated rings. The van der Waals surface area contributed by atoms with Crippen molar-refractivity contribution in [1.82, 2.24) is 0 Å². The van der Waals surface area contributed by atoms with E-state index in [1.54, 1.807) is 0 Å². The summed E-state index contributed by atoms with van der Waals surface area (Å²) in [7, 11) is -6.39. The molecule has 0 atom stereocenters. The first-order valence-electron chi connectivity index (χ1n) is 0.676. The number of hydrogen-bond acceptors (Lipinski definition) is 0. The van der Waals surface area contributed by atoms with Gasteiger partial charge in [0.15, 0.2) is 0 Å². The smallest absolute Gasteiger partial charge is 0.134 e. The summed E-state index contributed by atoms with van der Waals surface area (Å²) < 4.78 is 39.2. The molecule has 0 saturated heterocycles. The van der Waals surface area contributed by atoms with E-state index in [9.17, 15) is 16.8 Å². The summed E-state index contributed by atoms with van der Waals surface area (Å²) >= 11 is 0. The molecule has 0 aliphatic carbocycles. The van der Waals surface area contributed by atoms with Crippen molar-refractivity contribution in [3.05, 3.63) is 0 Å². The second-order valence-corrected chi connectivity index (χ2v) is 1.15. The van der Waals surface area contributed by atoms with E-state index in [0.29, 0.717) is 0 Å². The fourth-order valence-corrected chi connectivity index (χ4v) is 0. The van der Waals surface area contributed by atoms with E-state index in [1.165, 1.54) is 0 Å². The molecule has 1 radical (unpaired) electrons. The van der Waals surface area contributed by atoms with Gasteiger partial charge in [0.05, 0.1) is 0 Å². The second-order valence-electron chi connectivity index (χ2n) is 0.383. The van der Waals surface area contributed by atoms with Crippen LogP contribution in [0.1, 0.15) is 0 Å². The van der Waals surface area contributed by atoms with Crippen LogP contribution in [-0.2, 0) is 16.5 Å². The van der Waals surface area contributed by atoms with Gasteiger partial charge in [-0.2, -0.15) is 0 Å². The molecule has 0 aromatic carbocycles. The Balaban J connectivity index is 0. The van der Waals surface area contributed by atoms with E-state index >= 15 is 0 Å². The molecule has 6 heteroatoms. The van der Waals surface area contributed by atoms with Crippen molar-refractivity contribution in [2.75, 3.05) is 0 Å². The zero-order valence-electron chi connectivity index (χ0n) is 2.28. The summed E-state index contributed by atoms with van der Waals surface area (Å²) in [6.45, 7) is 0. The van der Waals surface area contributed by atoms with Gasteiger partial charge in [0.2, 0.25) is 0 Å². The Kier molecular flexibility index (Phi) is 4.51. The van der Waals surface area contributed by atoms with E-state index in [4.69, 9.17) is 0 Å². The molecule has 0 nitrogen and oxygen atoms in total. The van der Waals surface area contributed by atoms with Crippen LogP contribution < -0.4 is 0 Å². The van der Waals surface area contributed by atoms with Crippen LogP contribution in [0.4, 0.5) is 16.8 Å². The van der Waals surface area contributed by atoms with Crippen LogP contribution in [0.5, 0.6) is 0 Å². The molecule has 0 aliphatic rings. The summed E-state index contributed by atoms with van der Waals surface area (Å²) in [6, 6.07) is 0. The number of rotatable bonds is 0. The minimum atomic E-state index is -6.39. The van der Waals surface area contributed by atoms with Crippen LogP contribution in [0.2, 0.25) is 0 Å². The monoisotopic (exact) mass is 165 g/mol. The topological polar surface area (TPSA) is 0 Å². The van der Waals surface area contributed by atoms with Gasteiger partial charge in [0.25, 0.3) is 0 Å². The summed E-state index contributed by atoms with van der Waals surface area (Å²) in [6.07, 6.45) is 0. The Morgan fingerprint density at radius 2 is 0.833 bits per heavy atom. The molecule has 0 spiro atoms. The van der Waals surface area contributed by atoms with E-state index < -0.39 is 8.51 Å². The average molecular weight is 166 g/mol. The van der Waals surface area contributed by atoms with Crippen LogP contribution in [0.15, 0.2) is 0 Å². The Hall–Kier alpha value is 0.644. The first-order chi connectivity index (χ1) is 2.00. The molecule has 0 bridgehead atoms. The third-order valence-electron chi connectivity index (χ3n) is 0. The molecule has 0 aromatic heterocycles. The van der Waals surface area contributed by atoms with E-state index in [0.717, 1.165) is 0 Å². The van der Waals surface area contributed by atoms with E-state index in [1.807, 2.05) is 0 Å². The first-order valence-corrected chi connectivity index (χ1v) is 2.03. The van der Waals surface area contributed by atoms with Crippen molar-refractivity contribution in [2.45, 2.75) is 0 Å². The standard InChI is InChI=1S/F4P.Ni/c1-5(2,3)4;. The second kappa shape index (κ2) is 2.76. The predicted molar refractivity (Wildman–Crippen MR) is 11.4 cm³/mol. The molecule has 6 heavy (non-hydrogen) atoms. The first kappa shape index (κ1) is 9.81. The SMILES string of the molecule is F[P](F)(F)F.[Ni]. The van der Waals surface area contributed by atoms with Gasteiger partial charge >= 0.3 is 8.51 Å². The molecule has 0 aliphatic heterocycles. The fraction of sp³-hybridized carbons (Fsp3) is 0. The predicted octanol–water partition coefficient (Wildman–Crippen LogP) is 2.54. The largest absolute Gasteiger partial charge is 0.537 e. The summed E-state index contributed by atoms with van der Waals surface area (Å²) in [5.74, 6) is 0. The van der Waals surface area contributed by atoms with Gasteiger partial charge in [-0.15, -0.1) is 16.8 Å². The van der Waals surface area contributed by atoms with Gasteiger partial charge in [0, 0.05) is 16.5 Å². The normalized spacial score (nSPS) is 10.0. The molecule has 0 heterocycles. The molecule has 0 N–H and O–H groups in total. The fourth-order valence-electron chi connectivity index (χ4n) is 0. The quantitative estimate of drug-likeness (QED) is 0.294. The van der Waals surface area contributed by atoms with Crippen LogP contribution in [0.25, 0.3) is 0 Å². The van der Waals surface area contributed by atoms with Crippen molar-refractivity contribution in [3.8, 4) is 0 Å². The third kappa shape index (κ3) is 149. The number of halogens is 4. The maximum absolute atomic E-state index is 9.80. The number of hydrogen-bond donors (Lipinski definition) is 0. The molecular formula is F4NiP. The van der Waals surface area contributed by atoms with Crippen LogP contribution >= 0.6 is 8.51 Å². The minimum Gasteiger partial charge on any atom is -0.134 e. The van der Waals surface area contributed by atoms with Gasteiger partial charge in [-0.3, -0.25) is 0 Å². The van der Waals surface area contributed by atoms with E-state index in [2.05, 4.69) is 0 Å². The summed E-state index contributed by atoms with van der Waals surface area (Å²) in [5, 5.41) is 0. The van der Waals surface area contributed by atoms with Gasteiger partial charge in [-0.25, -0.2) is 0 Å². The van der Waals surface area contributed by atoms with Crippen molar-refractivity contribution in [2.24, 2.45) is 0 Å². The molecule has 0 rings (SSSR count). The average Bonchev–Trinajstić information content (AvgIpc) is 0.722. The molecule has 0 saturated carbocycles. The zero-order chi connectivity index (χ0) is 4.50.